The second kappa shape index (κ2) is 10.2. The van der Waals surface area contributed by atoms with Crippen molar-refractivity contribution in [2.75, 3.05) is 13.7 Å². The van der Waals surface area contributed by atoms with E-state index in [1.54, 1.807) is 18.1 Å². The zero-order valence-electron chi connectivity index (χ0n) is 23.4. The van der Waals surface area contributed by atoms with Crippen molar-refractivity contribution in [2.24, 2.45) is 5.92 Å². The summed E-state index contributed by atoms with van der Waals surface area (Å²) in [5.41, 5.74) is 2.18. The summed E-state index contributed by atoms with van der Waals surface area (Å²) in [4.78, 5) is 15.1. The summed E-state index contributed by atoms with van der Waals surface area (Å²) in [6.07, 6.45) is -0.991. The molecule has 1 aromatic carbocycles. The molecule has 0 bridgehead atoms. The first-order chi connectivity index (χ1) is 16.9. The van der Waals surface area contributed by atoms with Gasteiger partial charge in [0, 0.05) is 30.8 Å². The molecule has 5 atom stereocenters. The fourth-order valence-electron chi connectivity index (χ4n) is 6.77. The number of aliphatic hydroxyl groups excluding tert-OH is 1. The number of fused-ring (bicyclic) bond motifs is 2. The molecule has 2 fully saturated rings. The Bertz CT molecular complexity index is 938. The van der Waals surface area contributed by atoms with Crippen LogP contribution >= 0.6 is 0 Å². The molecule has 1 N–H and O–H groups in total. The molecular weight excluding hydrogens is 490 g/mol. The van der Waals surface area contributed by atoms with Crippen LogP contribution in [0.1, 0.15) is 84.0 Å². The van der Waals surface area contributed by atoms with Gasteiger partial charge in [-0.3, -0.25) is 4.79 Å². The Morgan fingerprint density at radius 1 is 0.972 bits per heavy atom. The molecule has 1 amide bonds. The first-order valence-electron chi connectivity index (χ1n) is 13.6. The fourth-order valence-corrected chi connectivity index (χ4v) is 18.1. The molecule has 7 nitrogen and oxygen atoms in total. The van der Waals surface area contributed by atoms with Crippen LogP contribution in [0.3, 0.4) is 0 Å². The number of benzene rings is 1. The van der Waals surface area contributed by atoms with Crippen LogP contribution in [0.5, 0.6) is 0 Å². The molecule has 4 rings (SSSR count). The molecule has 2 aliphatic heterocycles. The highest BCUT2D eigenvalue weighted by molar-refractivity contribution is 6.83. The summed E-state index contributed by atoms with van der Waals surface area (Å²) in [5, 5.41) is 11.2. The van der Waals surface area contributed by atoms with E-state index in [1.807, 2.05) is 18.2 Å². The smallest absolute Gasteiger partial charge is 0.335 e. The first kappa shape index (κ1) is 27.9. The quantitative estimate of drug-likeness (QED) is 0.485. The summed E-state index contributed by atoms with van der Waals surface area (Å²) in [7, 11) is -3.76. The zero-order valence-corrected chi connectivity index (χ0v) is 25.4. The van der Waals surface area contributed by atoms with Crippen LogP contribution in [0, 0.1) is 5.92 Å². The van der Waals surface area contributed by atoms with Gasteiger partial charge in [-0.2, -0.15) is 0 Å². The van der Waals surface area contributed by atoms with E-state index in [0.29, 0.717) is 24.2 Å². The number of hydrogen-bond acceptors (Lipinski definition) is 6. The highest BCUT2D eigenvalue weighted by atomic mass is 28.5. The van der Waals surface area contributed by atoms with Crippen LogP contribution in [0.25, 0.3) is 0 Å². The van der Waals surface area contributed by atoms with Gasteiger partial charge in [0.05, 0.1) is 12.1 Å². The number of carbonyl (C=O) groups excluding carboxylic acids is 1. The van der Waals surface area contributed by atoms with Crippen LogP contribution in [0.2, 0.25) is 22.2 Å². The van der Waals surface area contributed by atoms with E-state index in [2.05, 4.69) is 55.4 Å². The second-order valence-electron chi connectivity index (χ2n) is 12.0. The molecule has 1 saturated heterocycles. The summed E-state index contributed by atoms with van der Waals surface area (Å²) in [6.45, 7) is 18.2. The van der Waals surface area contributed by atoms with Crippen molar-refractivity contribution in [1.29, 1.82) is 0 Å². The monoisotopic (exact) mass is 535 g/mol. The van der Waals surface area contributed by atoms with E-state index in [9.17, 15) is 9.90 Å². The SMILES string of the molecule is CO[C@@H]1[C@@H]2O[Si](C(C)C)(C(C)C)O[Si](C(C)C)(C(C)C)OC[C@H]2C[C@H]1N1C(=O)c2ccccc2C1O. The third kappa shape index (κ3) is 4.24. The average molecular weight is 536 g/mol. The van der Waals surface area contributed by atoms with E-state index >= 15 is 0 Å². The highest BCUT2D eigenvalue weighted by Crippen LogP contribution is 2.50. The standard InChI is InChI=1S/C27H45NO6Si2/c1-16(2)35(17(3)4)32-15-20-14-23(28-26(29)21-12-10-11-13-22(21)27(28)30)25(31-9)24(20)33-36(34-35,18(5)6)19(7)8/h10-13,16-20,23-26,29H,14-15H2,1-9H3/t20-,23-,24-,25+,26?/m1/s1. The van der Waals surface area contributed by atoms with Crippen molar-refractivity contribution in [3.05, 3.63) is 35.4 Å². The third-order valence-corrected chi connectivity index (χ3v) is 18.9. The Kier molecular flexibility index (Phi) is 7.95. The minimum atomic E-state index is -2.80. The largest absolute Gasteiger partial charge is 0.414 e. The lowest BCUT2D eigenvalue weighted by atomic mass is 10.1. The Labute approximate surface area is 219 Å². The van der Waals surface area contributed by atoms with Crippen molar-refractivity contribution >= 4 is 23.0 Å². The van der Waals surface area contributed by atoms with Crippen LogP contribution in [0.4, 0.5) is 0 Å². The lowest BCUT2D eigenvalue weighted by Gasteiger charge is -2.52. The van der Waals surface area contributed by atoms with E-state index < -0.39 is 23.3 Å². The number of carbonyl (C=O) groups is 1. The molecule has 1 saturated carbocycles. The molecular formula is C27H45NO6Si2. The van der Waals surface area contributed by atoms with Gasteiger partial charge in [-0.05, 0) is 34.7 Å². The maximum absolute atomic E-state index is 13.5. The van der Waals surface area contributed by atoms with Crippen molar-refractivity contribution < 1.29 is 27.6 Å². The Morgan fingerprint density at radius 2 is 1.56 bits per heavy atom. The summed E-state index contributed by atoms with van der Waals surface area (Å²) in [6, 6.07) is 6.99. The summed E-state index contributed by atoms with van der Waals surface area (Å²) < 4.78 is 27.6. The van der Waals surface area contributed by atoms with Gasteiger partial charge in [-0.1, -0.05) is 73.6 Å². The highest BCUT2D eigenvalue weighted by Gasteiger charge is 2.62. The van der Waals surface area contributed by atoms with Gasteiger partial charge in [-0.15, -0.1) is 0 Å². The fraction of sp³-hybridized carbons (Fsp3) is 0.741. The minimum Gasteiger partial charge on any atom is -0.414 e. The number of hydrogen-bond donors (Lipinski definition) is 1. The maximum atomic E-state index is 13.5. The van der Waals surface area contributed by atoms with Crippen molar-refractivity contribution in [2.45, 2.75) is 108 Å². The topological polar surface area (TPSA) is 77.5 Å². The molecule has 1 aliphatic carbocycles. The van der Waals surface area contributed by atoms with Gasteiger partial charge < -0.3 is 27.7 Å². The van der Waals surface area contributed by atoms with E-state index in [0.717, 1.165) is 0 Å². The molecule has 1 aromatic rings. The lowest BCUT2D eigenvalue weighted by Crippen LogP contribution is -2.65. The molecule has 9 heteroatoms. The molecule has 0 aromatic heterocycles. The van der Waals surface area contributed by atoms with Crippen LogP contribution < -0.4 is 0 Å². The third-order valence-electron chi connectivity index (χ3n) is 8.69. The van der Waals surface area contributed by atoms with E-state index in [1.165, 1.54) is 0 Å². The number of methoxy groups -OCH3 is 1. The summed E-state index contributed by atoms with van der Waals surface area (Å²) >= 11 is 0. The normalized spacial score (nSPS) is 31.8. The van der Waals surface area contributed by atoms with Crippen molar-refractivity contribution in [3.8, 4) is 0 Å². The van der Waals surface area contributed by atoms with Gasteiger partial charge in [0.15, 0.2) is 6.23 Å². The predicted octanol–water partition coefficient (Wildman–Crippen LogP) is 5.49. The first-order valence-corrected chi connectivity index (χ1v) is 17.5. The van der Waals surface area contributed by atoms with Gasteiger partial charge in [0.2, 0.25) is 0 Å². The number of nitrogens with zero attached hydrogens (tertiary/aromatic N) is 1. The van der Waals surface area contributed by atoms with Gasteiger partial charge in [-0.25, -0.2) is 0 Å². The summed E-state index contributed by atoms with van der Waals surface area (Å²) in [5.74, 6) is -0.109. The minimum absolute atomic E-state index is 0.0429. The molecule has 1 unspecified atom stereocenters. The number of amides is 1. The van der Waals surface area contributed by atoms with Crippen molar-refractivity contribution in [1.82, 2.24) is 4.90 Å². The average Bonchev–Trinajstić information content (AvgIpc) is 3.26. The molecule has 36 heavy (non-hydrogen) atoms. The van der Waals surface area contributed by atoms with Crippen LogP contribution in [-0.4, -0.2) is 65.0 Å². The maximum Gasteiger partial charge on any atom is 0.335 e. The number of aliphatic hydroxyl groups is 1. The molecule has 0 radical (unpaired) electrons. The molecule has 202 valence electrons. The number of ether oxygens (including phenoxy) is 1. The predicted molar refractivity (Wildman–Crippen MR) is 144 cm³/mol. The van der Waals surface area contributed by atoms with E-state index in [4.69, 9.17) is 17.7 Å². The molecule has 3 aliphatic rings. The molecule has 2 heterocycles. The molecule has 0 spiro atoms. The van der Waals surface area contributed by atoms with Crippen molar-refractivity contribution in [3.63, 3.8) is 0 Å². The van der Waals surface area contributed by atoms with E-state index in [-0.39, 0.29) is 52.2 Å². The van der Waals surface area contributed by atoms with Crippen LogP contribution in [-0.2, 0) is 17.7 Å². The Hall–Kier alpha value is -1.08. The zero-order chi connectivity index (χ0) is 26.6. The van der Waals surface area contributed by atoms with Gasteiger partial charge in [0.25, 0.3) is 5.91 Å². The van der Waals surface area contributed by atoms with Gasteiger partial charge in [0.1, 0.15) is 6.10 Å². The second-order valence-corrected chi connectivity index (χ2v) is 20.8. The van der Waals surface area contributed by atoms with Crippen LogP contribution in [0.15, 0.2) is 24.3 Å². The Balaban J connectivity index is 1.76. The lowest BCUT2D eigenvalue weighted by molar-refractivity contribution is -0.0715. The van der Waals surface area contributed by atoms with Gasteiger partial charge >= 0.3 is 17.1 Å². The Morgan fingerprint density at radius 3 is 2.08 bits per heavy atom. The number of rotatable bonds is 6.